The van der Waals surface area contributed by atoms with Gasteiger partial charge in [-0.2, -0.15) is 0 Å². The molecule has 4 nitrogen and oxygen atoms in total. The topological polar surface area (TPSA) is 35.9 Å². The van der Waals surface area contributed by atoms with Crippen molar-refractivity contribution in [3.63, 3.8) is 0 Å². The van der Waals surface area contributed by atoms with E-state index in [9.17, 15) is 5.11 Å². The molecule has 0 aromatic heterocycles. The molecule has 2 aromatic rings. The highest BCUT2D eigenvalue weighted by Gasteiger charge is 2.20. The fourth-order valence-electron chi connectivity index (χ4n) is 2.95. The van der Waals surface area contributed by atoms with Crippen LogP contribution in [0.3, 0.4) is 0 Å². The molecule has 1 aliphatic rings. The van der Waals surface area contributed by atoms with Crippen LogP contribution in [-0.2, 0) is 0 Å². The number of β-amino-alcohol motifs (C(OH)–C–C–N with tert-alkyl or cyclic N) is 1. The minimum atomic E-state index is -0.525. The van der Waals surface area contributed by atoms with Gasteiger partial charge in [0.25, 0.3) is 0 Å². The number of hydrogen-bond acceptors (Lipinski definition) is 4. The average Bonchev–Trinajstić information content (AvgIpc) is 2.62. The van der Waals surface area contributed by atoms with Gasteiger partial charge < -0.3 is 14.7 Å². The first-order valence-electron chi connectivity index (χ1n) is 8.40. The van der Waals surface area contributed by atoms with Gasteiger partial charge in [0.2, 0.25) is 0 Å². The van der Waals surface area contributed by atoms with Crippen LogP contribution < -0.4 is 9.64 Å². The molecule has 1 saturated heterocycles. The van der Waals surface area contributed by atoms with Crippen molar-refractivity contribution in [2.24, 2.45) is 0 Å². The van der Waals surface area contributed by atoms with E-state index in [4.69, 9.17) is 27.9 Å². The molecule has 1 heterocycles. The van der Waals surface area contributed by atoms with E-state index in [0.717, 1.165) is 36.9 Å². The molecule has 1 N–H and O–H groups in total. The minimum Gasteiger partial charge on any atom is -0.491 e. The third kappa shape index (κ3) is 5.25. The molecule has 0 saturated carbocycles. The van der Waals surface area contributed by atoms with E-state index < -0.39 is 6.10 Å². The van der Waals surface area contributed by atoms with Crippen molar-refractivity contribution in [2.45, 2.75) is 6.10 Å². The van der Waals surface area contributed by atoms with Gasteiger partial charge in [-0.15, -0.1) is 0 Å². The molecule has 1 fully saturated rings. The van der Waals surface area contributed by atoms with Crippen LogP contribution >= 0.6 is 23.2 Å². The summed E-state index contributed by atoms with van der Waals surface area (Å²) in [5, 5.41) is 11.7. The second-order valence-corrected chi connectivity index (χ2v) is 7.00. The lowest BCUT2D eigenvalue weighted by molar-refractivity contribution is 0.0663. The SMILES string of the molecule is O[C@H](COc1ccc(Cl)cc1)CN1CCN(c2ccccc2Cl)CC1. The second-order valence-electron chi connectivity index (χ2n) is 6.16. The Morgan fingerprint density at radius 1 is 0.960 bits per heavy atom. The molecule has 0 amide bonds. The Kier molecular flexibility index (Phi) is 6.43. The maximum Gasteiger partial charge on any atom is 0.119 e. The summed E-state index contributed by atoms with van der Waals surface area (Å²) in [5.41, 5.74) is 1.08. The van der Waals surface area contributed by atoms with Crippen LogP contribution in [0.15, 0.2) is 48.5 Å². The Hall–Kier alpha value is -1.46. The van der Waals surface area contributed by atoms with Crippen molar-refractivity contribution < 1.29 is 9.84 Å². The van der Waals surface area contributed by atoms with Gasteiger partial charge in [-0.25, -0.2) is 0 Å². The number of aliphatic hydroxyl groups is 1. The third-order valence-corrected chi connectivity index (χ3v) is 4.86. The Morgan fingerprint density at radius 2 is 1.64 bits per heavy atom. The lowest BCUT2D eigenvalue weighted by atomic mass is 10.2. The molecule has 0 bridgehead atoms. The largest absolute Gasteiger partial charge is 0.491 e. The number of nitrogens with zero attached hydrogens (tertiary/aromatic N) is 2. The highest BCUT2D eigenvalue weighted by atomic mass is 35.5. The summed E-state index contributed by atoms with van der Waals surface area (Å²) in [6.45, 7) is 4.45. The number of benzene rings is 2. The van der Waals surface area contributed by atoms with E-state index in [2.05, 4.69) is 9.80 Å². The van der Waals surface area contributed by atoms with Gasteiger partial charge in [0.05, 0.1) is 10.7 Å². The van der Waals surface area contributed by atoms with E-state index in [-0.39, 0.29) is 6.61 Å². The third-order valence-electron chi connectivity index (χ3n) is 4.29. The highest BCUT2D eigenvalue weighted by Crippen LogP contribution is 2.26. The van der Waals surface area contributed by atoms with Crippen LogP contribution in [0.2, 0.25) is 10.0 Å². The summed E-state index contributed by atoms with van der Waals surface area (Å²) in [6.07, 6.45) is -0.525. The molecular formula is C19H22Cl2N2O2. The van der Waals surface area contributed by atoms with E-state index in [1.54, 1.807) is 24.3 Å². The number of para-hydroxylation sites is 1. The summed E-state index contributed by atoms with van der Waals surface area (Å²) < 4.78 is 5.61. The van der Waals surface area contributed by atoms with Gasteiger partial charge in [-0.05, 0) is 36.4 Å². The Labute approximate surface area is 158 Å². The van der Waals surface area contributed by atoms with Gasteiger partial charge in [0.1, 0.15) is 18.5 Å². The van der Waals surface area contributed by atoms with Crippen molar-refractivity contribution in [3.05, 3.63) is 58.6 Å². The summed E-state index contributed by atoms with van der Waals surface area (Å²) >= 11 is 12.1. The van der Waals surface area contributed by atoms with Gasteiger partial charge in [-0.1, -0.05) is 35.3 Å². The Bertz CT molecular complexity index is 673. The molecule has 1 atom stereocenters. The van der Waals surface area contributed by atoms with Gasteiger partial charge in [0, 0.05) is 37.7 Å². The standard InChI is InChI=1S/C19H22Cl2N2O2/c20-15-5-7-17(8-6-15)25-14-16(24)13-22-9-11-23(12-10-22)19-4-2-1-3-18(19)21/h1-8,16,24H,9-14H2/t16-/m0/s1. The Morgan fingerprint density at radius 3 is 2.32 bits per heavy atom. The predicted octanol–water partition coefficient (Wildman–Crippen LogP) is 3.56. The Balaban J connectivity index is 1.42. The first-order chi connectivity index (χ1) is 12.1. The number of aliphatic hydroxyl groups excluding tert-OH is 1. The van der Waals surface area contributed by atoms with Crippen molar-refractivity contribution >= 4 is 28.9 Å². The van der Waals surface area contributed by atoms with Crippen molar-refractivity contribution in [1.82, 2.24) is 4.90 Å². The zero-order chi connectivity index (χ0) is 17.6. The first-order valence-corrected chi connectivity index (χ1v) is 9.15. The zero-order valence-corrected chi connectivity index (χ0v) is 15.5. The smallest absolute Gasteiger partial charge is 0.119 e. The summed E-state index contributed by atoms with van der Waals surface area (Å²) in [6, 6.07) is 15.1. The van der Waals surface area contributed by atoms with E-state index in [1.807, 2.05) is 24.3 Å². The van der Waals surface area contributed by atoms with Crippen LogP contribution in [0.25, 0.3) is 0 Å². The number of rotatable bonds is 6. The van der Waals surface area contributed by atoms with Crippen LogP contribution in [0.5, 0.6) is 5.75 Å². The molecule has 6 heteroatoms. The molecule has 3 rings (SSSR count). The summed E-state index contributed by atoms with van der Waals surface area (Å²) in [5.74, 6) is 0.715. The molecule has 0 aliphatic carbocycles. The molecule has 1 aliphatic heterocycles. The van der Waals surface area contributed by atoms with Gasteiger partial charge in [0.15, 0.2) is 0 Å². The molecule has 0 unspecified atom stereocenters. The molecule has 134 valence electrons. The molecular weight excluding hydrogens is 359 g/mol. The average molecular weight is 381 g/mol. The lowest BCUT2D eigenvalue weighted by Crippen LogP contribution is -2.49. The summed E-state index contributed by atoms with van der Waals surface area (Å²) in [7, 11) is 0. The van der Waals surface area contributed by atoms with Crippen molar-refractivity contribution in [3.8, 4) is 5.75 Å². The summed E-state index contributed by atoms with van der Waals surface area (Å²) in [4.78, 5) is 4.54. The molecule has 25 heavy (non-hydrogen) atoms. The monoisotopic (exact) mass is 380 g/mol. The number of hydrogen-bond donors (Lipinski definition) is 1. The highest BCUT2D eigenvalue weighted by molar-refractivity contribution is 6.33. The lowest BCUT2D eigenvalue weighted by Gasteiger charge is -2.37. The number of ether oxygens (including phenoxy) is 1. The van der Waals surface area contributed by atoms with E-state index >= 15 is 0 Å². The number of piperazine rings is 1. The van der Waals surface area contributed by atoms with Crippen LogP contribution in [0, 0.1) is 0 Å². The first kappa shape index (κ1) is 18.3. The number of halogens is 2. The quantitative estimate of drug-likeness (QED) is 0.830. The van der Waals surface area contributed by atoms with Crippen molar-refractivity contribution in [2.75, 3.05) is 44.2 Å². The maximum absolute atomic E-state index is 10.2. The molecule has 0 radical (unpaired) electrons. The van der Waals surface area contributed by atoms with E-state index in [0.29, 0.717) is 17.3 Å². The van der Waals surface area contributed by atoms with Crippen LogP contribution in [0.4, 0.5) is 5.69 Å². The minimum absolute atomic E-state index is 0.270. The second kappa shape index (κ2) is 8.77. The number of anilines is 1. The maximum atomic E-state index is 10.2. The van der Waals surface area contributed by atoms with Gasteiger partial charge >= 0.3 is 0 Å². The normalized spacial score (nSPS) is 16.7. The molecule has 0 spiro atoms. The van der Waals surface area contributed by atoms with E-state index in [1.165, 1.54) is 0 Å². The zero-order valence-electron chi connectivity index (χ0n) is 13.9. The molecule has 2 aromatic carbocycles. The fraction of sp³-hybridized carbons (Fsp3) is 0.368. The van der Waals surface area contributed by atoms with Crippen LogP contribution in [-0.4, -0.2) is 55.4 Å². The van der Waals surface area contributed by atoms with Crippen LogP contribution in [0.1, 0.15) is 0 Å². The van der Waals surface area contributed by atoms with Crippen molar-refractivity contribution in [1.29, 1.82) is 0 Å². The fourth-order valence-corrected chi connectivity index (χ4v) is 3.33. The predicted molar refractivity (Wildman–Crippen MR) is 103 cm³/mol. The van der Waals surface area contributed by atoms with Gasteiger partial charge in [-0.3, -0.25) is 4.90 Å².